The highest BCUT2D eigenvalue weighted by atomic mass is 32.2. The smallest absolute Gasteiger partial charge is 0.310 e. The van der Waals surface area contributed by atoms with E-state index in [2.05, 4.69) is 0 Å². The lowest BCUT2D eigenvalue weighted by molar-refractivity contribution is -0.156. The quantitative estimate of drug-likeness (QED) is 0.563. The van der Waals surface area contributed by atoms with Crippen LogP contribution in [-0.2, 0) is 14.3 Å². The number of hydrogen-bond donors (Lipinski definition) is 0. The number of hydrogen-bond acceptors (Lipinski definition) is 4. The summed E-state index contributed by atoms with van der Waals surface area (Å²) in [6.07, 6.45) is 5.89. The van der Waals surface area contributed by atoms with Gasteiger partial charge in [0, 0.05) is 0 Å². The fourth-order valence-corrected chi connectivity index (χ4v) is 1.56. The molecule has 2 atom stereocenters. The fraction of sp³-hybridized carbons (Fsp3) is 0.667. The average Bonchev–Trinajstić information content (AvgIpc) is 2.90. The molecule has 0 spiro atoms. The molecule has 1 saturated carbocycles. The summed E-state index contributed by atoms with van der Waals surface area (Å²) in [5.41, 5.74) is -0.428. The van der Waals surface area contributed by atoms with Crippen molar-refractivity contribution in [3.8, 4) is 0 Å². The molecule has 1 rings (SSSR count). The van der Waals surface area contributed by atoms with E-state index in [-0.39, 0.29) is 22.9 Å². The molecule has 16 heavy (non-hydrogen) atoms. The molecule has 0 bridgehead atoms. The van der Waals surface area contributed by atoms with Crippen molar-refractivity contribution in [2.24, 2.45) is 11.8 Å². The van der Waals surface area contributed by atoms with Gasteiger partial charge in [-0.05, 0) is 45.4 Å². The first-order valence-corrected chi connectivity index (χ1v) is 6.55. The van der Waals surface area contributed by atoms with E-state index in [1.54, 1.807) is 12.3 Å². The normalized spacial score (nSPS) is 24.5. The van der Waals surface area contributed by atoms with Gasteiger partial charge in [0.05, 0.1) is 5.92 Å². The zero-order valence-electron chi connectivity index (χ0n) is 10.1. The molecule has 1 fully saturated rings. The van der Waals surface area contributed by atoms with E-state index in [1.165, 1.54) is 11.8 Å². The standard InChI is InChI=1S/C12H18O3S/c1-12(2,3)15-11(14)9-7-8(9)5-6-10(13)16-4/h5-6,8-9H,7H2,1-4H3. The van der Waals surface area contributed by atoms with Crippen LogP contribution in [0.5, 0.6) is 0 Å². The minimum Gasteiger partial charge on any atom is -0.460 e. The SMILES string of the molecule is CSC(=O)C=CC1CC1C(=O)OC(C)(C)C. The molecule has 90 valence electrons. The van der Waals surface area contributed by atoms with E-state index in [9.17, 15) is 9.59 Å². The summed E-state index contributed by atoms with van der Waals surface area (Å²) in [5.74, 6) is -0.0187. The molecule has 0 saturated heterocycles. The molecule has 0 aromatic heterocycles. The van der Waals surface area contributed by atoms with Crippen molar-refractivity contribution in [1.82, 2.24) is 0 Å². The van der Waals surface area contributed by atoms with E-state index >= 15 is 0 Å². The van der Waals surface area contributed by atoms with Crippen LogP contribution in [0.3, 0.4) is 0 Å². The van der Waals surface area contributed by atoms with Gasteiger partial charge in [-0.15, -0.1) is 0 Å². The summed E-state index contributed by atoms with van der Waals surface area (Å²) >= 11 is 1.17. The van der Waals surface area contributed by atoms with Crippen LogP contribution < -0.4 is 0 Å². The predicted octanol–water partition coefficient (Wildman–Crippen LogP) is 2.41. The second-order valence-electron chi connectivity index (χ2n) is 4.92. The summed E-state index contributed by atoms with van der Waals surface area (Å²) in [6.45, 7) is 5.57. The lowest BCUT2D eigenvalue weighted by Gasteiger charge is -2.19. The minimum absolute atomic E-state index is 0.0230. The number of carbonyl (C=O) groups is 2. The highest BCUT2D eigenvalue weighted by Crippen LogP contribution is 2.41. The third-order valence-electron chi connectivity index (χ3n) is 2.23. The Morgan fingerprint density at radius 2 is 2.00 bits per heavy atom. The van der Waals surface area contributed by atoms with Crippen molar-refractivity contribution in [1.29, 1.82) is 0 Å². The maximum atomic E-state index is 11.6. The molecule has 0 N–H and O–H groups in total. The summed E-state index contributed by atoms with van der Waals surface area (Å²) in [4.78, 5) is 22.6. The van der Waals surface area contributed by atoms with Crippen LogP contribution in [0.4, 0.5) is 0 Å². The molecule has 3 nitrogen and oxygen atoms in total. The van der Waals surface area contributed by atoms with Crippen LogP contribution in [0.15, 0.2) is 12.2 Å². The summed E-state index contributed by atoms with van der Waals surface area (Å²) in [6, 6.07) is 0. The largest absolute Gasteiger partial charge is 0.460 e. The zero-order chi connectivity index (χ0) is 12.3. The Labute approximate surface area is 101 Å². The molecule has 4 heteroatoms. The predicted molar refractivity (Wildman–Crippen MR) is 65.1 cm³/mol. The van der Waals surface area contributed by atoms with Crippen LogP contribution in [0.25, 0.3) is 0 Å². The minimum atomic E-state index is -0.428. The van der Waals surface area contributed by atoms with Crippen molar-refractivity contribution >= 4 is 22.8 Å². The highest BCUT2D eigenvalue weighted by Gasteiger charge is 2.43. The van der Waals surface area contributed by atoms with Crippen LogP contribution in [0, 0.1) is 11.8 Å². The number of ether oxygens (including phenoxy) is 1. The maximum absolute atomic E-state index is 11.6. The van der Waals surface area contributed by atoms with Crippen LogP contribution in [-0.4, -0.2) is 22.9 Å². The molecule has 0 radical (unpaired) electrons. The first-order valence-electron chi connectivity index (χ1n) is 5.32. The van der Waals surface area contributed by atoms with Crippen LogP contribution >= 0.6 is 11.8 Å². The Bertz CT molecular complexity index is 315. The molecule has 0 amide bonds. The molecule has 1 aliphatic carbocycles. The number of esters is 1. The topological polar surface area (TPSA) is 43.4 Å². The van der Waals surface area contributed by atoms with Gasteiger partial charge < -0.3 is 4.74 Å². The monoisotopic (exact) mass is 242 g/mol. The van der Waals surface area contributed by atoms with Gasteiger partial charge in [0.2, 0.25) is 5.12 Å². The van der Waals surface area contributed by atoms with Gasteiger partial charge in [-0.2, -0.15) is 0 Å². The Kier molecular flexibility index (Phi) is 4.19. The van der Waals surface area contributed by atoms with Gasteiger partial charge in [-0.25, -0.2) is 0 Å². The van der Waals surface area contributed by atoms with Crippen LogP contribution in [0.2, 0.25) is 0 Å². The van der Waals surface area contributed by atoms with Crippen molar-refractivity contribution < 1.29 is 14.3 Å². The molecule has 0 aromatic carbocycles. The Balaban J connectivity index is 2.37. The number of thioether (sulfide) groups is 1. The number of allylic oxidation sites excluding steroid dienone is 1. The molecular formula is C12H18O3S. The summed E-state index contributed by atoms with van der Waals surface area (Å²) in [5, 5.41) is 0.0230. The van der Waals surface area contributed by atoms with Crippen molar-refractivity contribution in [2.45, 2.75) is 32.8 Å². The Hall–Kier alpha value is -0.770. The van der Waals surface area contributed by atoms with E-state index in [1.807, 2.05) is 26.8 Å². The van der Waals surface area contributed by atoms with E-state index in [4.69, 9.17) is 4.74 Å². The second kappa shape index (κ2) is 5.04. The summed E-state index contributed by atoms with van der Waals surface area (Å²) < 4.78 is 5.26. The fourth-order valence-electron chi connectivity index (χ4n) is 1.35. The molecular weight excluding hydrogens is 224 g/mol. The zero-order valence-corrected chi connectivity index (χ0v) is 11.0. The lowest BCUT2D eigenvalue weighted by atomic mass is 10.2. The van der Waals surface area contributed by atoms with Gasteiger partial charge >= 0.3 is 5.97 Å². The third kappa shape index (κ3) is 4.39. The van der Waals surface area contributed by atoms with Crippen molar-refractivity contribution in [2.75, 3.05) is 6.26 Å². The second-order valence-corrected chi connectivity index (χ2v) is 5.73. The first kappa shape index (κ1) is 13.3. The van der Waals surface area contributed by atoms with Gasteiger partial charge in [0.1, 0.15) is 5.60 Å². The molecule has 0 heterocycles. The molecule has 1 aliphatic rings. The molecule has 0 aromatic rings. The first-order chi connectivity index (χ1) is 7.33. The number of rotatable bonds is 3. The average molecular weight is 242 g/mol. The Morgan fingerprint density at radius 1 is 1.38 bits per heavy atom. The van der Waals surface area contributed by atoms with E-state index < -0.39 is 5.60 Å². The van der Waals surface area contributed by atoms with Crippen LogP contribution in [0.1, 0.15) is 27.2 Å². The maximum Gasteiger partial charge on any atom is 0.310 e. The summed E-state index contributed by atoms with van der Waals surface area (Å²) in [7, 11) is 0. The van der Waals surface area contributed by atoms with Gasteiger partial charge in [0.25, 0.3) is 0 Å². The third-order valence-corrected chi connectivity index (χ3v) is 2.77. The van der Waals surface area contributed by atoms with E-state index in [0.29, 0.717) is 0 Å². The van der Waals surface area contributed by atoms with E-state index in [0.717, 1.165) is 6.42 Å². The number of carbonyl (C=O) groups excluding carboxylic acids is 2. The van der Waals surface area contributed by atoms with Gasteiger partial charge in [0.15, 0.2) is 0 Å². The van der Waals surface area contributed by atoms with Gasteiger partial charge in [-0.1, -0.05) is 17.8 Å². The van der Waals surface area contributed by atoms with Gasteiger partial charge in [-0.3, -0.25) is 9.59 Å². The highest BCUT2D eigenvalue weighted by molar-refractivity contribution is 8.13. The van der Waals surface area contributed by atoms with Crippen molar-refractivity contribution in [3.63, 3.8) is 0 Å². The Morgan fingerprint density at radius 3 is 2.50 bits per heavy atom. The van der Waals surface area contributed by atoms with Crippen molar-refractivity contribution in [3.05, 3.63) is 12.2 Å². The lowest BCUT2D eigenvalue weighted by Crippen LogP contribution is -2.25. The molecule has 2 unspecified atom stereocenters. The molecule has 0 aliphatic heterocycles.